The van der Waals surface area contributed by atoms with Gasteiger partial charge in [-0.1, -0.05) is 12.1 Å². The quantitative estimate of drug-likeness (QED) is 0.708. The van der Waals surface area contributed by atoms with Crippen molar-refractivity contribution in [3.05, 3.63) is 28.7 Å². The van der Waals surface area contributed by atoms with Crippen molar-refractivity contribution in [2.24, 2.45) is 0 Å². The average molecular weight is 301 g/mol. The van der Waals surface area contributed by atoms with E-state index in [1.807, 2.05) is 24.3 Å². The van der Waals surface area contributed by atoms with Gasteiger partial charge in [0, 0.05) is 17.6 Å². The molecule has 0 saturated heterocycles. The molecule has 4 nitrogen and oxygen atoms in total. The normalized spacial score (nSPS) is 10.0. The predicted molar refractivity (Wildman–Crippen MR) is 72.1 cm³/mol. The van der Waals surface area contributed by atoms with Gasteiger partial charge < -0.3 is 15.7 Å². The highest BCUT2D eigenvalue weighted by Gasteiger charge is 2.03. The number of urea groups is 1. The number of unbranched alkanes of at least 4 members (excludes halogenated alkanes) is 2. The Morgan fingerprint density at radius 3 is 2.71 bits per heavy atom. The van der Waals surface area contributed by atoms with Gasteiger partial charge in [0.25, 0.3) is 0 Å². The van der Waals surface area contributed by atoms with Crippen molar-refractivity contribution in [2.75, 3.05) is 18.5 Å². The Bertz CT molecular complexity index is 358. The summed E-state index contributed by atoms with van der Waals surface area (Å²) >= 11 is 3.36. The van der Waals surface area contributed by atoms with Crippen LogP contribution in [0.3, 0.4) is 0 Å². The lowest BCUT2D eigenvalue weighted by molar-refractivity contribution is 0.251. The van der Waals surface area contributed by atoms with Crippen molar-refractivity contribution >= 4 is 27.6 Å². The number of halogens is 1. The maximum atomic E-state index is 11.5. The monoisotopic (exact) mass is 300 g/mol. The summed E-state index contributed by atoms with van der Waals surface area (Å²) in [6.45, 7) is 0.833. The molecule has 0 bridgehead atoms. The van der Waals surface area contributed by atoms with Crippen molar-refractivity contribution in [3.8, 4) is 0 Å². The first-order chi connectivity index (χ1) is 8.24. The number of hydrogen-bond donors (Lipinski definition) is 3. The van der Waals surface area contributed by atoms with Gasteiger partial charge in [-0.3, -0.25) is 0 Å². The molecule has 0 aliphatic carbocycles. The van der Waals surface area contributed by atoms with Crippen LogP contribution in [-0.2, 0) is 0 Å². The minimum Gasteiger partial charge on any atom is -0.396 e. The highest BCUT2D eigenvalue weighted by molar-refractivity contribution is 9.10. The van der Waals surface area contributed by atoms with Crippen molar-refractivity contribution in [1.29, 1.82) is 0 Å². The van der Waals surface area contributed by atoms with E-state index in [1.54, 1.807) is 0 Å². The number of carbonyl (C=O) groups excluding carboxylic acids is 1. The lowest BCUT2D eigenvalue weighted by atomic mass is 10.2. The molecule has 1 rings (SSSR count). The van der Waals surface area contributed by atoms with Gasteiger partial charge in [0.2, 0.25) is 0 Å². The second-order valence-electron chi connectivity index (χ2n) is 3.65. The summed E-state index contributed by atoms with van der Waals surface area (Å²) in [5.41, 5.74) is 0.750. The Labute approximate surface area is 110 Å². The van der Waals surface area contributed by atoms with E-state index >= 15 is 0 Å². The molecule has 0 saturated carbocycles. The second-order valence-corrected chi connectivity index (χ2v) is 4.50. The fourth-order valence-corrected chi connectivity index (χ4v) is 1.73. The van der Waals surface area contributed by atoms with Gasteiger partial charge in [0.1, 0.15) is 0 Å². The van der Waals surface area contributed by atoms with Crippen molar-refractivity contribution in [3.63, 3.8) is 0 Å². The van der Waals surface area contributed by atoms with Gasteiger partial charge in [-0.15, -0.1) is 0 Å². The molecule has 2 amide bonds. The predicted octanol–water partition coefficient (Wildman–Crippen LogP) is 2.73. The molecule has 3 N–H and O–H groups in total. The number of nitrogens with one attached hydrogen (secondary N) is 2. The van der Waals surface area contributed by atoms with Crippen LogP contribution in [0.1, 0.15) is 19.3 Å². The largest absolute Gasteiger partial charge is 0.396 e. The number of hydrogen-bond acceptors (Lipinski definition) is 2. The highest BCUT2D eigenvalue weighted by atomic mass is 79.9. The molecule has 0 spiro atoms. The van der Waals surface area contributed by atoms with E-state index in [0.717, 1.165) is 29.4 Å². The average Bonchev–Trinajstić information content (AvgIpc) is 2.32. The molecule has 0 aliphatic heterocycles. The van der Waals surface area contributed by atoms with Crippen LogP contribution in [0.25, 0.3) is 0 Å². The molecule has 0 unspecified atom stereocenters. The van der Waals surface area contributed by atoms with E-state index in [0.29, 0.717) is 6.54 Å². The standard InChI is InChI=1S/C12H17BrN2O2/c13-10-6-2-3-7-11(10)15-12(17)14-8-4-1-5-9-16/h2-3,6-7,16H,1,4-5,8-9H2,(H2,14,15,17). The van der Waals surface area contributed by atoms with Crippen LogP contribution >= 0.6 is 15.9 Å². The number of benzene rings is 1. The molecule has 0 radical (unpaired) electrons. The number of amides is 2. The van der Waals surface area contributed by atoms with Gasteiger partial charge in [-0.05, 0) is 47.3 Å². The van der Waals surface area contributed by atoms with E-state index < -0.39 is 0 Å². The third-order valence-corrected chi connectivity index (χ3v) is 2.93. The summed E-state index contributed by atoms with van der Waals surface area (Å²) in [6.07, 6.45) is 2.59. The number of anilines is 1. The Hall–Kier alpha value is -1.07. The van der Waals surface area contributed by atoms with Crippen molar-refractivity contribution in [2.45, 2.75) is 19.3 Å². The van der Waals surface area contributed by atoms with Gasteiger partial charge in [0.15, 0.2) is 0 Å². The first-order valence-corrected chi connectivity index (χ1v) is 6.43. The number of aliphatic hydroxyl groups excluding tert-OH is 1. The zero-order valence-electron chi connectivity index (χ0n) is 9.58. The van der Waals surface area contributed by atoms with Crippen LogP contribution in [0, 0.1) is 0 Å². The summed E-state index contributed by atoms with van der Waals surface area (Å²) in [5, 5.41) is 14.1. The summed E-state index contributed by atoms with van der Waals surface area (Å²) in [6, 6.07) is 7.25. The van der Waals surface area contributed by atoms with Gasteiger partial charge in [0.05, 0.1) is 5.69 Å². The zero-order chi connectivity index (χ0) is 12.5. The molecule has 17 heavy (non-hydrogen) atoms. The third kappa shape index (κ3) is 5.70. The van der Waals surface area contributed by atoms with E-state index in [-0.39, 0.29) is 12.6 Å². The lowest BCUT2D eigenvalue weighted by Gasteiger charge is -2.08. The second kappa shape index (κ2) is 8.08. The molecule has 1 aromatic rings. The van der Waals surface area contributed by atoms with Crippen LogP contribution in [0.4, 0.5) is 10.5 Å². The SMILES string of the molecule is O=C(NCCCCCO)Nc1ccccc1Br. The molecule has 0 aromatic heterocycles. The topological polar surface area (TPSA) is 61.4 Å². The first-order valence-electron chi connectivity index (χ1n) is 5.64. The summed E-state index contributed by atoms with van der Waals surface area (Å²) in [7, 11) is 0. The minimum absolute atomic E-state index is 0.208. The fraction of sp³-hybridized carbons (Fsp3) is 0.417. The number of rotatable bonds is 6. The molecule has 0 heterocycles. The smallest absolute Gasteiger partial charge is 0.319 e. The molecular formula is C12H17BrN2O2. The summed E-state index contributed by atoms with van der Waals surface area (Å²) < 4.78 is 0.857. The number of aliphatic hydroxyl groups is 1. The Balaban J connectivity index is 2.23. The van der Waals surface area contributed by atoms with Crippen molar-refractivity contribution < 1.29 is 9.90 Å². The van der Waals surface area contributed by atoms with E-state index in [4.69, 9.17) is 5.11 Å². The van der Waals surface area contributed by atoms with Crippen LogP contribution in [0.2, 0.25) is 0 Å². The van der Waals surface area contributed by atoms with Crippen LogP contribution in [-0.4, -0.2) is 24.3 Å². The highest BCUT2D eigenvalue weighted by Crippen LogP contribution is 2.20. The van der Waals surface area contributed by atoms with Crippen LogP contribution in [0.5, 0.6) is 0 Å². The van der Waals surface area contributed by atoms with E-state index in [9.17, 15) is 4.79 Å². The molecule has 0 aliphatic rings. The Morgan fingerprint density at radius 2 is 2.00 bits per heavy atom. The summed E-state index contributed by atoms with van der Waals surface area (Å²) in [5.74, 6) is 0. The lowest BCUT2D eigenvalue weighted by Crippen LogP contribution is -2.29. The fourth-order valence-electron chi connectivity index (χ4n) is 1.34. The van der Waals surface area contributed by atoms with Crippen LogP contribution < -0.4 is 10.6 Å². The molecule has 1 aromatic carbocycles. The van der Waals surface area contributed by atoms with Gasteiger partial charge in [-0.2, -0.15) is 0 Å². The summed E-state index contributed by atoms with van der Waals surface area (Å²) in [4.78, 5) is 11.5. The number of para-hydroxylation sites is 1. The first kappa shape index (κ1) is 14.0. The molecule has 5 heteroatoms. The van der Waals surface area contributed by atoms with E-state index in [1.165, 1.54) is 0 Å². The van der Waals surface area contributed by atoms with Gasteiger partial charge in [-0.25, -0.2) is 4.79 Å². The minimum atomic E-state index is -0.208. The third-order valence-electron chi connectivity index (χ3n) is 2.24. The Kier molecular flexibility index (Phi) is 6.65. The molecule has 0 atom stereocenters. The van der Waals surface area contributed by atoms with E-state index in [2.05, 4.69) is 26.6 Å². The molecule has 94 valence electrons. The zero-order valence-corrected chi connectivity index (χ0v) is 11.2. The molecule has 0 fully saturated rings. The maximum absolute atomic E-state index is 11.5. The maximum Gasteiger partial charge on any atom is 0.319 e. The Morgan fingerprint density at radius 1 is 1.24 bits per heavy atom. The van der Waals surface area contributed by atoms with Gasteiger partial charge >= 0.3 is 6.03 Å². The number of carbonyl (C=O) groups is 1. The van der Waals surface area contributed by atoms with Crippen molar-refractivity contribution in [1.82, 2.24) is 5.32 Å². The molecular weight excluding hydrogens is 284 g/mol. The van der Waals surface area contributed by atoms with Crippen LogP contribution in [0.15, 0.2) is 28.7 Å².